The number of nitrogens with two attached hydrogens (primary N) is 4. The van der Waals surface area contributed by atoms with Gasteiger partial charge >= 0.3 is 0 Å². The van der Waals surface area contributed by atoms with Crippen LogP contribution in [-0.2, 0) is 57.6 Å². The standard InChI is InChI=1S/C49H66N14O8S2/c1-3-4-15-34(50)43(66)63-40-26-73-72-25-39(41(51)64)62-46(69)37(22-30-17-18-31-13-8-9-14-32(31)20-30)60-44(67)35(16-10-19-55-49(52)53)58-45(68)36(21-29-11-6-5-7-12-29)61-47(70)38(23-33-24-54-27-56-33)59-42(65)28(2)57-48(40)71/h5-9,11-14,17-18,20,24,27-28,34-40H,3-4,10,15-16,19,21-23,25-26,50H2,1-2H3,(H2,51,64)(H,54,56)(H,57,71)(H,58,68)(H,59,65)(H,60,67)(H,61,70)(H,62,69)(H,63,66)(H4,52,53,55)/t28-,34+,35+,36-,37+,38+,39+,40+/m1/s1. The summed E-state index contributed by atoms with van der Waals surface area (Å²) in [6.45, 7) is 3.42. The summed E-state index contributed by atoms with van der Waals surface area (Å²) in [7, 11) is 2.15. The zero-order valence-corrected chi connectivity index (χ0v) is 42.4. The van der Waals surface area contributed by atoms with E-state index in [-0.39, 0.29) is 56.1 Å². The number of fused-ring (bicyclic) bond motifs is 1. The zero-order chi connectivity index (χ0) is 52.9. The molecule has 2 heterocycles. The Balaban J connectivity index is 1.55. The first-order valence-corrected chi connectivity index (χ1v) is 26.5. The first kappa shape index (κ1) is 56.7. The van der Waals surface area contributed by atoms with Crippen LogP contribution in [0.2, 0.25) is 0 Å². The van der Waals surface area contributed by atoms with E-state index in [0.717, 1.165) is 38.8 Å². The maximum Gasteiger partial charge on any atom is 0.244 e. The summed E-state index contributed by atoms with van der Waals surface area (Å²) in [6.07, 6.45) is 4.56. The fraction of sp³-hybridized carbons (Fsp3) is 0.429. The van der Waals surface area contributed by atoms with Gasteiger partial charge in [0.1, 0.15) is 42.3 Å². The number of rotatable bonds is 16. The van der Waals surface area contributed by atoms with Crippen molar-refractivity contribution in [2.75, 3.05) is 18.1 Å². The molecular formula is C49H66N14O8S2. The van der Waals surface area contributed by atoms with E-state index < -0.39 is 95.6 Å². The van der Waals surface area contributed by atoms with Crippen molar-refractivity contribution < 1.29 is 38.4 Å². The lowest BCUT2D eigenvalue weighted by atomic mass is 10.00. The third-order valence-electron chi connectivity index (χ3n) is 11.8. The molecule has 0 bridgehead atoms. The van der Waals surface area contributed by atoms with Crippen molar-refractivity contribution in [1.29, 1.82) is 0 Å². The number of guanidine groups is 1. The Kier molecular flexibility index (Phi) is 22.3. The van der Waals surface area contributed by atoms with Crippen LogP contribution in [0.1, 0.15) is 62.8 Å². The number of aliphatic imine (C=N–C) groups is 1. The monoisotopic (exact) mass is 1040 g/mol. The van der Waals surface area contributed by atoms with Crippen LogP contribution >= 0.6 is 21.6 Å². The molecule has 8 amide bonds. The van der Waals surface area contributed by atoms with Crippen LogP contribution in [-0.4, -0.2) is 130 Å². The Labute approximate surface area is 431 Å². The Morgan fingerprint density at radius 1 is 0.699 bits per heavy atom. The molecule has 5 rings (SSSR count). The highest BCUT2D eigenvalue weighted by atomic mass is 33.1. The predicted octanol–water partition coefficient (Wildman–Crippen LogP) is -0.544. The quantitative estimate of drug-likeness (QED) is 0.0290. The number of aromatic nitrogens is 2. The Morgan fingerprint density at radius 3 is 1.96 bits per heavy atom. The number of carbonyl (C=O) groups is 8. The van der Waals surface area contributed by atoms with Crippen LogP contribution in [0.3, 0.4) is 0 Å². The van der Waals surface area contributed by atoms with Gasteiger partial charge in [0, 0.05) is 49.2 Å². The average molecular weight is 1040 g/mol. The lowest BCUT2D eigenvalue weighted by Gasteiger charge is -2.27. The summed E-state index contributed by atoms with van der Waals surface area (Å²) in [5.74, 6) is -6.53. The molecule has 1 aliphatic heterocycles. The molecule has 1 saturated heterocycles. The number of primary amides is 1. The van der Waals surface area contributed by atoms with Crippen LogP contribution in [0.5, 0.6) is 0 Å². The second-order valence-electron chi connectivity index (χ2n) is 17.6. The SMILES string of the molecule is CCCC[C@H](N)C(=O)N[C@H]1CSSC[C@@H](C(N)=O)NC(=O)[C@H](Cc2ccc3ccccc3c2)NC(=O)[C@H](CCCN=C(N)N)NC(=O)[C@@H](Cc2ccccc2)NC(=O)[C@H](Cc2cnc[nH]2)NC(=O)[C@@H](C)NC1=O. The van der Waals surface area contributed by atoms with Gasteiger partial charge in [-0.05, 0) is 48.1 Å². The molecular weight excluding hydrogens is 977 g/mol. The van der Waals surface area contributed by atoms with Gasteiger partial charge in [0.25, 0.3) is 0 Å². The van der Waals surface area contributed by atoms with Gasteiger partial charge in [0.15, 0.2) is 5.96 Å². The number of amides is 8. The number of aromatic amines is 1. The van der Waals surface area contributed by atoms with E-state index >= 15 is 0 Å². The van der Waals surface area contributed by atoms with Crippen LogP contribution < -0.4 is 60.2 Å². The topological polar surface area (TPSA) is 366 Å². The molecule has 22 nitrogen and oxygen atoms in total. The highest BCUT2D eigenvalue weighted by Gasteiger charge is 2.34. The van der Waals surface area contributed by atoms with Crippen molar-refractivity contribution in [2.45, 2.75) is 114 Å². The molecule has 0 aliphatic carbocycles. The Morgan fingerprint density at radius 2 is 1.30 bits per heavy atom. The summed E-state index contributed by atoms with van der Waals surface area (Å²) in [6, 6.07) is 11.8. The Bertz CT molecular complexity index is 2550. The van der Waals surface area contributed by atoms with Gasteiger partial charge in [0.2, 0.25) is 47.3 Å². The van der Waals surface area contributed by atoms with Crippen molar-refractivity contribution in [3.05, 3.63) is 102 Å². The molecule has 1 aliphatic rings. The van der Waals surface area contributed by atoms with E-state index in [1.165, 1.54) is 19.4 Å². The molecule has 0 unspecified atom stereocenters. The van der Waals surface area contributed by atoms with E-state index in [9.17, 15) is 38.4 Å². The number of nitrogens with zero attached hydrogens (tertiary/aromatic N) is 2. The summed E-state index contributed by atoms with van der Waals surface area (Å²) in [4.78, 5) is 123. The third-order valence-corrected chi connectivity index (χ3v) is 14.2. The number of benzene rings is 3. The number of carbonyl (C=O) groups excluding carboxylic acids is 8. The van der Waals surface area contributed by atoms with Crippen molar-refractivity contribution in [2.24, 2.45) is 27.9 Å². The van der Waals surface area contributed by atoms with Crippen molar-refractivity contribution in [3.8, 4) is 0 Å². The minimum absolute atomic E-state index is 0.0311. The Hall–Kier alpha value is -7.18. The summed E-state index contributed by atoms with van der Waals surface area (Å²) >= 11 is 0. The van der Waals surface area contributed by atoms with Crippen LogP contribution in [0, 0.1) is 0 Å². The van der Waals surface area contributed by atoms with Gasteiger partial charge in [-0.15, -0.1) is 0 Å². The average Bonchev–Trinajstić information content (AvgIpc) is 3.89. The summed E-state index contributed by atoms with van der Waals surface area (Å²) in [5, 5.41) is 20.8. The van der Waals surface area contributed by atoms with Gasteiger partial charge in [-0.25, -0.2) is 4.98 Å². The van der Waals surface area contributed by atoms with Crippen molar-refractivity contribution in [1.82, 2.24) is 47.2 Å². The van der Waals surface area contributed by atoms with Crippen LogP contribution in [0.4, 0.5) is 0 Å². The summed E-state index contributed by atoms with van der Waals surface area (Å²) in [5.41, 5.74) is 24.9. The van der Waals surface area contributed by atoms with Gasteiger partial charge in [-0.1, -0.05) is 114 Å². The molecule has 0 saturated carbocycles. The number of hydrogen-bond acceptors (Lipinski definition) is 13. The van der Waals surface area contributed by atoms with Crippen molar-refractivity contribution in [3.63, 3.8) is 0 Å². The van der Waals surface area contributed by atoms with E-state index in [1.807, 2.05) is 43.3 Å². The normalized spacial score (nSPS) is 22.5. The number of unbranched alkanes of at least 4 members (excludes halogenated alkanes) is 1. The highest BCUT2D eigenvalue weighted by Crippen LogP contribution is 2.24. The van der Waals surface area contributed by atoms with Gasteiger partial charge in [-0.3, -0.25) is 43.3 Å². The number of nitrogens with one attached hydrogen (secondary N) is 8. The molecule has 0 spiro atoms. The first-order valence-electron chi connectivity index (χ1n) is 24.0. The molecule has 16 N–H and O–H groups in total. The predicted molar refractivity (Wildman–Crippen MR) is 281 cm³/mol. The van der Waals surface area contributed by atoms with E-state index in [2.05, 4.69) is 52.2 Å². The highest BCUT2D eigenvalue weighted by molar-refractivity contribution is 8.76. The number of H-pyrrole nitrogens is 1. The minimum atomic E-state index is -1.35. The fourth-order valence-electron chi connectivity index (χ4n) is 7.68. The second-order valence-corrected chi connectivity index (χ2v) is 20.2. The molecule has 1 aromatic heterocycles. The minimum Gasteiger partial charge on any atom is -0.370 e. The van der Waals surface area contributed by atoms with Crippen molar-refractivity contribution >= 4 is 85.6 Å². The molecule has 24 heteroatoms. The van der Waals surface area contributed by atoms with E-state index in [4.69, 9.17) is 22.9 Å². The summed E-state index contributed by atoms with van der Waals surface area (Å²) < 4.78 is 0. The molecule has 3 aromatic carbocycles. The number of imidazole rings is 1. The smallest absolute Gasteiger partial charge is 0.244 e. The van der Waals surface area contributed by atoms with Gasteiger partial charge in [-0.2, -0.15) is 0 Å². The van der Waals surface area contributed by atoms with E-state index in [1.54, 1.807) is 36.4 Å². The molecule has 8 atom stereocenters. The largest absolute Gasteiger partial charge is 0.370 e. The van der Waals surface area contributed by atoms with Crippen LogP contribution in [0.15, 0.2) is 90.3 Å². The zero-order valence-electron chi connectivity index (χ0n) is 40.8. The third kappa shape index (κ3) is 18.4. The van der Waals surface area contributed by atoms with Gasteiger partial charge < -0.3 is 65.1 Å². The second kappa shape index (κ2) is 28.8. The molecule has 392 valence electrons. The molecule has 73 heavy (non-hydrogen) atoms. The molecule has 4 aromatic rings. The van der Waals surface area contributed by atoms with Gasteiger partial charge in [0.05, 0.1) is 12.4 Å². The van der Waals surface area contributed by atoms with Crippen LogP contribution in [0.25, 0.3) is 10.8 Å². The van der Waals surface area contributed by atoms with E-state index in [0.29, 0.717) is 29.7 Å². The maximum absolute atomic E-state index is 14.6. The maximum atomic E-state index is 14.6. The molecule has 0 radical (unpaired) electrons. The lowest BCUT2D eigenvalue weighted by molar-refractivity contribution is -0.135. The molecule has 1 fully saturated rings. The number of hydrogen-bond donors (Lipinski definition) is 12. The first-order chi connectivity index (χ1) is 35.0. The fourth-order valence-corrected chi connectivity index (χ4v) is 10.0. The lowest BCUT2D eigenvalue weighted by Crippen LogP contribution is -2.60.